The van der Waals surface area contributed by atoms with Gasteiger partial charge in [-0.1, -0.05) is 46.3 Å². The van der Waals surface area contributed by atoms with Crippen LogP contribution in [-0.4, -0.2) is 23.3 Å². The molecular weight excluding hydrogens is 380 g/mol. The molecule has 4 nitrogen and oxygen atoms in total. The molecule has 0 spiro atoms. The SMILES string of the molecule is Cc1cc(NC(=O)[C@H]2CC(=O)N(Cc3ccccc3)C2)cc(C)c1Br. The maximum atomic E-state index is 12.6. The summed E-state index contributed by atoms with van der Waals surface area (Å²) in [5.74, 6) is -0.363. The fourth-order valence-corrected chi connectivity index (χ4v) is 3.40. The lowest BCUT2D eigenvalue weighted by Crippen LogP contribution is -2.28. The Morgan fingerprint density at radius 3 is 2.48 bits per heavy atom. The van der Waals surface area contributed by atoms with Gasteiger partial charge in [-0.05, 0) is 42.7 Å². The molecule has 2 aromatic carbocycles. The number of halogens is 1. The minimum atomic E-state index is -0.305. The van der Waals surface area contributed by atoms with E-state index < -0.39 is 0 Å². The van der Waals surface area contributed by atoms with Crippen LogP contribution in [-0.2, 0) is 16.1 Å². The molecule has 1 atom stereocenters. The molecule has 0 bridgehead atoms. The molecule has 2 aromatic rings. The second kappa shape index (κ2) is 7.40. The molecule has 1 fully saturated rings. The van der Waals surface area contributed by atoms with E-state index in [1.165, 1.54) is 0 Å². The van der Waals surface area contributed by atoms with Crippen molar-refractivity contribution in [2.75, 3.05) is 11.9 Å². The number of anilines is 1. The molecule has 0 aromatic heterocycles. The van der Waals surface area contributed by atoms with Gasteiger partial charge in [0, 0.05) is 29.7 Å². The van der Waals surface area contributed by atoms with Gasteiger partial charge in [-0.2, -0.15) is 0 Å². The Bertz CT molecular complexity index is 782. The van der Waals surface area contributed by atoms with Crippen LogP contribution in [0, 0.1) is 19.8 Å². The van der Waals surface area contributed by atoms with Crippen molar-refractivity contribution in [1.29, 1.82) is 0 Å². The van der Waals surface area contributed by atoms with E-state index in [0.717, 1.165) is 26.9 Å². The average Bonchev–Trinajstić information content (AvgIpc) is 2.94. The Labute approximate surface area is 156 Å². The molecule has 5 heteroatoms. The van der Waals surface area contributed by atoms with Gasteiger partial charge in [0.05, 0.1) is 5.92 Å². The Kier molecular flexibility index (Phi) is 5.23. The van der Waals surface area contributed by atoms with E-state index in [1.54, 1.807) is 4.90 Å². The summed E-state index contributed by atoms with van der Waals surface area (Å²) in [6.07, 6.45) is 0.271. The quantitative estimate of drug-likeness (QED) is 0.841. The van der Waals surface area contributed by atoms with Crippen LogP contribution < -0.4 is 5.32 Å². The minimum absolute atomic E-state index is 0.0344. The first kappa shape index (κ1) is 17.7. The van der Waals surface area contributed by atoms with Gasteiger partial charge < -0.3 is 10.2 Å². The molecule has 1 heterocycles. The highest BCUT2D eigenvalue weighted by Gasteiger charge is 2.34. The van der Waals surface area contributed by atoms with Crippen LogP contribution >= 0.6 is 15.9 Å². The number of carbonyl (C=O) groups is 2. The molecule has 0 aliphatic carbocycles. The zero-order valence-corrected chi connectivity index (χ0v) is 16.0. The number of rotatable bonds is 4. The highest BCUT2D eigenvalue weighted by atomic mass is 79.9. The number of likely N-dealkylation sites (tertiary alicyclic amines) is 1. The molecule has 1 aliphatic heterocycles. The average molecular weight is 401 g/mol. The third-order valence-electron chi connectivity index (χ3n) is 4.51. The molecule has 2 amide bonds. The monoisotopic (exact) mass is 400 g/mol. The Morgan fingerprint density at radius 2 is 1.84 bits per heavy atom. The molecule has 25 heavy (non-hydrogen) atoms. The summed E-state index contributed by atoms with van der Waals surface area (Å²) >= 11 is 3.53. The number of carbonyl (C=O) groups excluding carboxylic acids is 2. The normalized spacial score (nSPS) is 17.0. The van der Waals surface area contributed by atoms with Crippen LogP contribution in [0.25, 0.3) is 0 Å². The number of nitrogens with one attached hydrogen (secondary N) is 1. The number of hydrogen-bond donors (Lipinski definition) is 1. The smallest absolute Gasteiger partial charge is 0.229 e. The lowest BCUT2D eigenvalue weighted by molar-refractivity contribution is -0.128. The van der Waals surface area contributed by atoms with Gasteiger partial charge in [0.1, 0.15) is 0 Å². The first-order valence-corrected chi connectivity index (χ1v) is 9.12. The third-order valence-corrected chi connectivity index (χ3v) is 5.76. The fraction of sp³-hybridized carbons (Fsp3) is 0.300. The van der Waals surface area contributed by atoms with E-state index in [4.69, 9.17) is 0 Å². The molecule has 1 saturated heterocycles. The topological polar surface area (TPSA) is 49.4 Å². The number of nitrogens with zero attached hydrogens (tertiary/aromatic N) is 1. The number of aryl methyl sites for hydroxylation is 2. The number of benzene rings is 2. The summed E-state index contributed by atoms with van der Waals surface area (Å²) < 4.78 is 1.05. The molecular formula is C20H21BrN2O2. The highest BCUT2D eigenvalue weighted by molar-refractivity contribution is 9.10. The predicted molar refractivity (Wildman–Crippen MR) is 102 cm³/mol. The number of hydrogen-bond acceptors (Lipinski definition) is 2. The molecule has 1 N–H and O–H groups in total. The van der Waals surface area contributed by atoms with Crippen molar-refractivity contribution < 1.29 is 9.59 Å². The standard InChI is InChI=1S/C20H21BrN2O2/c1-13-8-17(9-14(2)19(13)21)22-20(25)16-10-18(24)23(12-16)11-15-6-4-3-5-7-15/h3-9,16H,10-12H2,1-2H3,(H,22,25)/t16-/m0/s1. The summed E-state index contributed by atoms with van der Waals surface area (Å²) in [6, 6.07) is 13.7. The zero-order valence-electron chi connectivity index (χ0n) is 14.4. The van der Waals surface area contributed by atoms with E-state index >= 15 is 0 Å². The summed E-state index contributed by atoms with van der Waals surface area (Å²) in [5.41, 5.74) is 4.00. The van der Waals surface area contributed by atoms with Crippen molar-refractivity contribution in [3.8, 4) is 0 Å². The van der Waals surface area contributed by atoms with Crippen LogP contribution in [0.2, 0.25) is 0 Å². The van der Waals surface area contributed by atoms with E-state index in [-0.39, 0.29) is 24.2 Å². The minimum Gasteiger partial charge on any atom is -0.338 e. The van der Waals surface area contributed by atoms with Crippen LogP contribution in [0.3, 0.4) is 0 Å². The molecule has 3 rings (SSSR count). The molecule has 0 radical (unpaired) electrons. The van der Waals surface area contributed by atoms with Gasteiger partial charge in [0.2, 0.25) is 11.8 Å². The van der Waals surface area contributed by atoms with E-state index in [0.29, 0.717) is 13.1 Å². The molecule has 1 aliphatic rings. The van der Waals surface area contributed by atoms with E-state index in [1.807, 2.05) is 56.3 Å². The van der Waals surface area contributed by atoms with E-state index in [2.05, 4.69) is 21.2 Å². The van der Waals surface area contributed by atoms with Crippen LogP contribution in [0.4, 0.5) is 5.69 Å². The highest BCUT2D eigenvalue weighted by Crippen LogP contribution is 2.26. The largest absolute Gasteiger partial charge is 0.338 e. The summed E-state index contributed by atoms with van der Waals surface area (Å²) in [5, 5.41) is 2.96. The molecule has 0 unspecified atom stereocenters. The first-order valence-electron chi connectivity index (χ1n) is 8.33. The van der Waals surface area contributed by atoms with Crippen molar-refractivity contribution in [2.45, 2.75) is 26.8 Å². The van der Waals surface area contributed by atoms with Crippen LogP contribution in [0.1, 0.15) is 23.1 Å². The van der Waals surface area contributed by atoms with Gasteiger partial charge in [0.15, 0.2) is 0 Å². The Hall–Kier alpha value is -2.14. The summed E-state index contributed by atoms with van der Waals surface area (Å²) in [4.78, 5) is 26.6. The second-order valence-electron chi connectivity index (χ2n) is 6.57. The maximum absolute atomic E-state index is 12.6. The van der Waals surface area contributed by atoms with Crippen molar-refractivity contribution in [3.05, 3.63) is 63.6 Å². The molecule has 130 valence electrons. The van der Waals surface area contributed by atoms with Crippen LogP contribution in [0.5, 0.6) is 0 Å². The molecule has 0 saturated carbocycles. The van der Waals surface area contributed by atoms with Crippen LogP contribution in [0.15, 0.2) is 46.9 Å². The van der Waals surface area contributed by atoms with Crippen molar-refractivity contribution in [3.63, 3.8) is 0 Å². The lowest BCUT2D eigenvalue weighted by Gasteiger charge is -2.17. The van der Waals surface area contributed by atoms with Gasteiger partial charge in [-0.15, -0.1) is 0 Å². The Balaban J connectivity index is 1.65. The van der Waals surface area contributed by atoms with Crippen molar-refractivity contribution >= 4 is 33.4 Å². The lowest BCUT2D eigenvalue weighted by atomic mass is 10.1. The summed E-state index contributed by atoms with van der Waals surface area (Å²) in [6.45, 7) is 5.01. The summed E-state index contributed by atoms with van der Waals surface area (Å²) in [7, 11) is 0. The maximum Gasteiger partial charge on any atom is 0.229 e. The Morgan fingerprint density at radius 1 is 1.20 bits per heavy atom. The van der Waals surface area contributed by atoms with Gasteiger partial charge >= 0.3 is 0 Å². The van der Waals surface area contributed by atoms with Gasteiger partial charge in [0.25, 0.3) is 0 Å². The van der Waals surface area contributed by atoms with Gasteiger partial charge in [-0.25, -0.2) is 0 Å². The van der Waals surface area contributed by atoms with Crippen molar-refractivity contribution in [1.82, 2.24) is 4.90 Å². The van der Waals surface area contributed by atoms with Gasteiger partial charge in [-0.3, -0.25) is 9.59 Å². The second-order valence-corrected chi connectivity index (χ2v) is 7.37. The van der Waals surface area contributed by atoms with Crippen molar-refractivity contribution in [2.24, 2.45) is 5.92 Å². The first-order chi connectivity index (χ1) is 11.9. The fourth-order valence-electron chi connectivity index (χ4n) is 3.17. The van der Waals surface area contributed by atoms with E-state index in [9.17, 15) is 9.59 Å². The zero-order chi connectivity index (χ0) is 18.0. The predicted octanol–water partition coefficient (Wildman–Crippen LogP) is 4.05. The third kappa shape index (κ3) is 4.10. The number of amides is 2.